The second-order valence-corrected chi connectivity index (χ2v) is 5.18. The molecule has 0 aliphatic heterocycles. The number of hydrogen-bond donors (Lipinski definition) is 1. The number of hydrogen-bond acceptors (Lipinski definition) is 2. The van der Waals surface area contributed by atoms with Gasteiger partial charge < -0.3 is 9.90 Å². The van der Waals surface area contributed by atoms with Gasteiger partial charge in [0.1, 0.15) is 6.79 Å². The minimum atomic E-state index is -0.630. The van der Waals surface area contributed by atoms with Crippen LogP contribution in [0, 0.1) is 23.7 Å². The summed E-state index contributed by atoms with van der Waals surface area (Å²) in [6.45, 7) is 8.68. The van der Waals surface area contributed by atoms with E-state index in [1.54, 1.807) is 0 Å². The summed E-state index contributed by atoms with van der Waals surface area (Å²) in [7, 11) is 0. The van der Waals surface area contributed by atoms with Gasteiger partial charge in [-0.25, -0.2) is 0 Å². The molecule has 1 aliphatic rings. The third kappa shape index (κ3) is 4.77. The fourth-order valence-electron chi connectivity index (χ4n) is 2.86. The van der Waals surface area contributed by atoms with Gasteiger partial charge in [0.2, 0.25) is 0 Å². The molecule has 1 aliphatic carbocycles. The van der Waals surface area contributed by atoms with Crippen LogP contribution in [0.5, 0.6) is 0 Å². The van der Waals surface area contributed by atoms with Crippen LogP contribution in [0.4, 0.5) is 0 Å². The van der Waals surface area contributed by atoms with Crippen molar-refractivity contribution in [2.75, 3.05) is 0 Å². The van der Waals surface area contributed by atoms with Crippen LogP contribution in [0.3, 0.4) is 0 Å². The van der Waals surface area contributed by atoms with Gasteiger partial charge >= 0.3 is 5.97 Å². The van der Waals surface area contributed by atoms with Gasteiger partial charge in [0.25, 0.3) is 0 Å². The Morgan fingerprint density at radius 3 is 2.38 bits per heavy atom. The molecule has 0 radical (unpaired) electrons. The zero-order valence-electron chi connectivity index (χ0n) is 10.6. The molecule has 1 fully saturated rings. The van der Waals surface area contributed by atoms with Gasteiger partial charge in [0.15, 0.2) is 0 Å². The number of carboxylic acid groups (broad SMARTS) is 1. The van der Waals surface area contributed by atoms with Crippen molar-refractivity contribution < 1.29 is 14.7 Å². The van der Waals surface area contributed by atoms with Crippen molar-refractivity contribution >= 4 is 12.8 Å². The highest BCUT2D eigenvalue weighted by Crippen LogP contribution is 2.39. The molecule has 16 heavy (non-hydrogen) atoms. The highest BCUT2D eigenvalue weighted by atomic mass is 16.4. The molecule has 0 heterocycles. The second-order valence-electron chi connectivity index (χ2n) is 5.18. The van der Waals surface area contributed by atoms with E-state index in [1.165, 1.54) is 12.8 Å². The molecular formula is C13H24O3. The Morgan fingerprint density at radius 2 is 1.94 bits per heavy atom. The lowest BCUT2D eigenvalue weighted by atomic mass is 9.69. The van der Waals surface area contributed by atoms with Crippen LogP contribution >= 0.6 is 0 Å². The first-order valence-electron chi connectivity index (χ1n) is 6.01. The third-order valence-electron chi connectivity index (χ3n) is 3.60. The van der Waals surface area contributed by atoms with Crippen molar-refractivity contribution in [2.24, 2.45) is 23.7 Å². The second kappa shape index (κ2) is 7.42. The molecule has 3 unspecified atom stereocenters. The van der Waals surface area contributed by atoms with Crippen molar-refractivity contribution in [1.29, 1.82) is 0 Å². The summed E-state index contributed by atoms with van der Waals surface area (Å²) in [6, 6.07) is 0. The van der Waals surface area contributed by atoms with Gasteiger partial charge in [0.05, 0.1) is 0 Å². The summed E-state index contributed by atoms with van der Waals surface area (Å²) in [6.07, 6.45) is 3.97. The van der Waals surface area contributed by atoms with E-state index in [-0.39, 0.29) is 0 Å². The van der Waals surface area contributed by atoms with Crippen LogP contribution < -0.4 is 0 Å². The summed E-state index contributed by atoms with van der Waals surface area (Å²) in [5.74, 6) is 1.76. The zero-order chi connectivity index (χ0) is 12.7. The minimum Gasteiger partial charge on any atom is -0.481 e. The maximum absolute atomic E-state index is 10.7. The molecular weight excluding hydrogens is 204 g/mol. The topological polar surface area (TPSA) is 54.4 Å². The van der Waals surface area contributed by atoms with Gasteiger partial charge in [-0.15, -0.1) is 0 Å². The van der Waals surface area contributed by atoms with Crippen LogP contribution in [0.2, 0.25) is 0 Å². The molecule has 3 nitrogen and oxygen atoms in total. The molecule has 0 saturated heterocycles. The van der Waals surface area contributed by atoms with Crippen LogP contribution in [0.1, 0.15) is 46.5 Å². The van der Waals surface area contributed by atoms with E-state index in [1.807, 2.05) is 6.79 Å². The summed E-state index contributed by atoms with van der Waals surface area (Å²) in [4.78, 5) is 18.7. The van der Waals surface area contributed by atoms with Crippen molar-refractivity contribution in [1.82, 2.24) is 0 Å². The Kier molecular flexibility index (Phi) is 7.02. The molecule has 94 valence electrons. The van der Waals surface area contributed by atoms with E-state index >= 15 is 0 Å². The van der Waals surface area contributed by atoms with E-state index in [9.17, 15) is 4.79 Å². The first-order chi connectivity index (χ1) is 7.50. The molecule has 0 aromatic rings. The fourth-order valence-corrected chi connectivity index (χ4v) is 2.86. The average Bonchev–Trinajstić information content (AvgIpc) is 2.19. The summed E-state index contributed by atoms with van der Waals surface area (Å²) in [5.41, 5.74) is 0. The smallest absolute Gasteiger partial charge is 0.303 e. The molecule has 1 N–H and O–H groups in total. The Morgan fingerprint density at radius 1 is 1.38 bits per heavy atom. The lowest BCUT2D eigenvalue weighted by Crippen LogP contribution is -2.29. The molecule has 0 bridgehead atoms. The van der Waals surface area contributed by atoms with Gasteiger partial charge in [-0.1, -0.05) is 27.2 Å². The summed E-state index contributed by atoms with van der Waals surface area (Å²) < 4.78 is 0. The summed E-state index contributed by atoms with van der Waals surface area (Å²) in [5, 5.41) is 8.85. The maximum atomic E-state index is 10.7. The van der Waals surface area contributed by atoms with Crippen LogP contribution in [0.25, 0.3) is 0 Å². The largest absolute Gasteiger partial charge is 0.481 e. The van der Waals surface area contributed by atoms with Crippen molar-refractivity contribution in [3.8, 4) is 0 Å². The molecule has 0 aromatic heterocycles. The number of carbonyl (C=O) groups is 2. The third-order valence-corrected chi connectivity index (χ3v) is 3.60. The van der Waals surface area contributed by atoms with Gasteiger partial charge in [-0.3, -0.25) is 4.79 Å². The molecule has 1 saturated carbocycles. The minimum absolute atomic E-state index is 0.368. The molecule has 0 aromatic carbocycles. The number of carboxylic acids is 1. The van der Waals surface area contributed by atoms with Crippen LogP contribution in [-0.4, -0.2) is 17.9 Å². The van der Waals surface area contributed by atoms with Crippen molar-refractivity contribution in [3.63, 3.8) is 0 Å². The SMILES string of the molecule is C=O.CC1CCC(C(C)C)C(CC(=O)O)C1. The normalized spacial score (nSPS) is 29.4. The molecule has 1 rings (SSSR count). The highest BCUT2D eigenvalue weighted by molar-refractivity contribution is 5.67. The van der Waals surface area contributed by atoms with E-state index in [0.717, 1.165) is 6.42 Å². The van der Waals surface area contributed by atoms with Crippen molar-refractivity contribution in [3.05, 3.63) is 0 Å². The van der Waals surface area contributed by atoms with Crippen molar-refractivity contribution in [2.45, 2.75) is 46.5 Å². The van der Waals surface area contributed by atoms with Gasteiger partial charge in [-0.2, -0.15) is 0 Å². The average molecular weight is 228 g/mol. The monoisotopic (exact) mass is 228 g/mol. The predicted octanol–water partition coefficient (Wildman–Crippen LogP) is 2.98. The lowest BCUT2D eigenvalue weighted by molar-refractivity contribution is -0.139. The van der Waals surface area contributed by atoms with Crippen LogP contribution in [0.15, 0.2) is 0 Å². The standard InChI is InChI=1S/C12H22O2.CH2O/c1-8(2)11-5-4-9(3)6-10(11)7-12(13)14;1-2/h8-11H,4-7H2,1-3H3,(H,13,14);1H2. The molecule has 0 amide bonds. The highest BCUT2D eigenvalue weighted by Gasteiger charge is 2.31. The Bertz CT molecular complexity index is 213. The predicted molar refractivity (Wildman–Crippen MR) is 64.2 cm³/mol. The Labute approximate surface area is 98.2 Å². The lowest BCUT2D eigenvalue weighted by Gasteiger charge is -2.36. The van der Waals surface area contributed by atoms with E-state index < -0.39 is 5.97 Å². The Hall–Kier alpha value is -0.860. The van der Waals surface area contributed by atoms with Gasteiger partial charge in [-0.05, 0) is 36.5 Å². The van der Waals surface area contributed by atoms with Gasteiger partial charge in [0, 0.05) is 6.42 Å². The van der Waals surface area contributed by atoms with E-state index in [4.69, 9.17) is 9.90 Å². The molecule has 3 atom stereocenters. The first-order valence-corrected chi connectivity index (χ1v) is 6.01. The van der Waals surface area contributed by atoms with E-state index in [2.05, 4.69) is 20.8 Å². The van der Waals surface area contributed by atoms with Crippen LogP contribution in [-0.2, 0) is 9.59 Å². The first kappa shape index (κ1) is 15.1. The molecule has 3 heteroatoms. The summed E-state index contributed by atoms with van der Waals surface area (Å²) >= 11 is 0. The zero-order valence-corrected chi connectivity index (χ0v) is 10.6. The maximum Gasteiger partial charge on any atom is 0.303 e. The molecule has 0 spiro atoms. The number of aliphatic carboxylic acids is 1. The fraction of sp³-hybridized carbons (Fsp3) is 0.846. The Balaban J connectivity index is 0.00000106. The van der Waals surface area contributed by atoms with E-state index in [0.29, 0.717) is 30.1 Å². The number of rotatable bonds is 3. The number of carbonyl (C=O) groups excluding carboxylic acids is 1. The quantitative estimate of drug-likeness (QED) is 0.808.